The SMILES string of the molecule is Nc1cc(Cl)cn2cnnc12. The monoisotopic (exact) mass is 168 g/mol. The minimum Gasteiger partial charge on any atom is -0.396 e. The Bertz CT molecular complexity index is 394. The zero-order chi connectivity index (χ0) is 7.84. The number of nitrogens with zero attached hydrogens (tertiary/aromatic N) is 3. The Morgan fingerprint density at radius 3 is 3.18 bits per heavy atom. The van der Waals surface area contributed by atoms with Gasteiger partial charge in [0, 0.05) is 6.20 Å². The van der Waals surface area contributed by atoms with Gasteiger partial charge in [-0.25, -0.2) is 0 Å². The zero-order valence-corrected chi connectivity index (χ0v) is 6.28. The van der Waals surface area contributed by atoms with Crippen LogP contribution in [0.1, 0.15) is 0 Å². The van der Waals surface area contributed by atoms with Gasteiger partial charge in [-0.15, -0.1) is 10.2 Å². The van der Waals surface area contributed by atoms with Crippen molar-refractivity contribution in [1.82, 2.24) is 14.6 Å². The number of nitrogen functional groups attached to an aromatic ring is 1. The van der Waals surface area contributed by atoms with Crippen LogP contribution in [0.5, 0.6) is 0 Å². The van der Waals surface area contributed by atoms with Crippen LogP contribution in [-0.4, -0.2) is 14.6 Å². The van der Waals surface area contributed by atoms with Crippen LogP contribution in [0.15, 0.2) is 18.6 Å². The third-order valence-corrected chi connectivity index (χ3v) is 1.59. The Kier molecular flexibility index (Phi) is 1.22. The lowest BCUT2D eigenvalue weighted by Gasteiger charge is -1.96. The molecule has 0 aromatic carbocycles. The molecule has 0 saturated carbocycles. The van der Waals surface area contributed by atoms with E-state index in [1.165, 1.54) is 0 Å². The number of rotatable bonds is 0. The van der Waals surface area contributed by atoms with Crippen LogP contribution in [0.3, 0.4) is 0 Å². The van der Waals surface area contributed by atoms with E-state index in [1.54, 1.807) is 23.0 Å². The molecule has 0 atom stereocenters. The summed E-state index contributed by atoms with van der Waals surface area (Å²) in [7, 11) is 0. The minimum atomic E-state index is 0.537. The number of pyridine rings is 1. The molecule has 0 amide bonds. The number of halogens is 1. The summed E-state index contributed by atoms with van der Waals surface area (Å²) >= 11 is 5.72. The molecule has 0 saturated heterocycles. The van der Waals surface area contributed by atoms with Crippen molar-refractivity contribution in [2.75, 3.05) is 5.73 Å². The highest BCUT2D eigenvalue weighted by molar-refractivity contribution is 6.30. The van der Waals surface area contributed by atoms with Crippen molar-refractivity contribution in [2.45, 2.75) is 0 Å². The van der Waals surface area contributed by atoms with Gasteiger partial charge in [-0.05, 0) is 6.07 Å². The van der Waals surface area contributed by atoms with Crippen molar-refractivity contribution in [2.24, 2.45) is 0 Å². The average molecular weight is 169 g/mol. The maximum atomic E-state index is 5.72. The van der Waals surface area contributed by atoms with E-state index in [0.717, 1.165) is 0 Å². The van der Waals surface area contributed by atoms with Crippen LogP contribution in [0.4, 0.5) is 5.69 Å². The lowest BCUT2D eigenvalue weighted by molar-refractivity contribution is 1.10. The number of nitrogens with two attached hydrogens (primary N) is 1. The van der Waals surface area contributed by atoms with Crippen LogP contribution in [0.25, 0.3) is 5.65 Å². The zero-order valence-electron chi connectivity index (χ0n) is 5.53. The molecule has 2 heterocycles. The molecule has 2 N–H and O–H groups in total. The fourth-order valence-corrected chi connectivity index (χ4v) is 1.15. The normalized spacial score (nSPS) is 10.6. The first-order chi connectivity index (χ1) is 5.27. The summed E-state index contributed by atoms with van der Waals surface area (Å²) in [5, 5.41) is 8.04. The molecule has 11 heavy (non-hydrogen) atoms. The summed E-state index contributed by atoms with van der Waals surface area (Å²) in [5.74, 6) is 0. The van der Waals surface area contributed by atoms with Crippen LogP contribution >= 0.6 is 11.6 Å². The molecule has 0 bridgehead atoms. The molecule has 0 aliphatic heterocycles. The maximum Gasteiger partial charge on any atom is 0.183 e. The predicted octanol–water partition coefficient (Wildman–Crippen LogP) is 0.965. The Balaban J connectivity index is 2.91. The van der Waals surface area contributed by atoms with Crippen LogP contribution in [-0.2, 0) is 0 Å². The fourth-order valence-electron chi connectivity index (χ4n) is 0.927. The lowest BCUT2D eigenvalue weighted by atomic mass is 10.4. The van der Waals surface area contributed by atoms with Gasteiger partial charge in [0.15, 0.2) is 5.65 Å². The predicted molar refractivity (Wildman–Crippen MR) is 42.4 cm³/mol. The van der Waals surface area contributed by atoms with E-state index in [-0.39, 0.29) is 0 Å². The van der Waals surface area contributed by atoms with E-state index in [9.17, 15) is 0 Å². The van der Waals surface area contributed by atoms with E-state index < -0.39 is 0 Å². The van der Waals surface area contributed by atoms with E-state index in [0.29, 0.717) is 16.4 Å². The Hall–Kier alpha value is -1.29. The van der Waals surface area contributed by atoms with Gasteiger partial charge >= 0.3 is 0 Å². The first-order valence-corrected chi connectivity index (χ1v) is 3.39. The third-order valence-electron chi connectivity index (χ3n) is 1.39. The molecule has 0 aliphatic carbocycles. The van der Waals surface area contributed by atoms with Crippen molar-refractivity contribution in [1.29, 1.82) is 0 Å². The van der Waals surface area contributed by atoms with Gasteiger partial charge in [0.25, 0.3) is 0 Å². The molecule has 2 aromatic heterocycles. The number of hydrogen-bond acceptors (Lipinski definition) is 3. The Labute approximate surface area is 67.6 Å². The topological polar surface area (TPSA) is 56.2 Å². The average Bonchev–Trinajstić information content (AvgIpc) is 2.34. The summed E-state index contributed by atoms with van der Waals surface area (Å²) in [6.45, 7) is 0. The summed E-state index contributed by atoms with van der Waals surface area (Å²) in [5.41, 5.74) is 6.76. The number of fused-ring (bicyclic) bond motifs is 1. The molecule has 56 valence electrons. The minimum absolute atomic E-state index is 0.537. The Morgan fingerprint density at radius 2 is 2.36 bits per heavy atom. The molecule has 2 rings (SSSR count). The molecule has 5 heteroatoms. The van der Waals surface area contributed by atoms with Crippen molar-refractivity contribution in [3.05, 3.63) is 23.6 Å². The van der Waals surface area contributed by atoms with Gasteiger partial charge < -0.3 is 5.73 Å². The van der Waals surface area contributed by atoms with Gasteiger partial charge in [-0.1, -0.05) is 11.6 Å². The molecular formula is C6H5ClN4. The van der Waals surface area contributed by atoms with Gasteiger partial charge in [-0.2, -0.15) is 0 Å². The lowest BCUT2D eigenvalue weighted by Crippen LogP contribution is -1.91. The summed E-state index contributed by atoms with van der Waals surface area (Å²) < 4.78 is 1.68. The van der Waals surface area contributed by atoms with Gasteiger partial charge in [0.2, 0.25) is 0 Å². The molecule has 0 fully saturated rings. The van der Waals surface area contributed by atoms with Crippen molar-refractivity contribution in [3.8, 4) is 0 Å². The quantitative estimate of drug-likeness (QED) is 0.638. The molecule has 0 radical (unpaired) electrons. The molecular weight excluding hydrogens is 164 g/mol. The highest BCUT2D eigenvalue weighted by Crippen LogP contribution is 2.16. The van der Waals surface area contributed by atoms with Crippen molar-refractivity contribution >= 4 is 22.9 Å². The molecule has 0 unspecified atom stereocenters. The van der Waals surface area contributed by atoms with Crippen molar-refractivity contribution in [3.63, 3.8) is 0 Å². The van der Waals surface area contributed by atoms with E-state index in [1.807, 2.05) is 0 Å². The van der Waals surface area contributed by atoms with Crippen LogP contribution in [0.2, 0.25) is 5.02 Å². The first kappa shape index (κ1) is 6.42. The number of aromatic nitrogens is 3. The van der Waals surface area contributed by atoms with Gasteiger partial charge in [0.05, 0.1) is 10.7 Å². The summed E-state index contributed by atoms with van der Waals surface area (Å²) in [6, 6.07) is 1.64. The number of anilines is 1. The smallest absolute Gasteiger partial charge is 0.183 e. The van der Waals surface area contributed by atoms with Crippen LogP contribution < -0.4 is 5.73 Å². The third kappa shape index (κ3) is 0.914. The first-order valence-electron chi connectivity index (χ1n) is 3.02. The Morgan fingerprint density at radius 1 is 1.55 bits per heavy atom. The molecule has 4 nitrogen and oxygen atoms in total. The highest BCUT2D eigenvalue weighted by Gasteiger charge is 2.00. The second kappa shape index (κ2) is 2.10. The molecule has 0 spiro atoms. The van der Waals surface area contributed by atoms with E-state index in [2.05, 4.69) is 10.2 Å². The van der Waals surface area contributed by atoms with Crippen molar-refractivity contribution < 1.29 is 0 Å². The molecule has 2 aromatic rings. The van der Waals surface area contributed by atoms with E-state index >= 15 is 0 Å². The van der Waals surface area contributed by atoms with Crippen LogP contribution in [0, 0.1) is 0 Å². The highest BCUT2D eigenvalue weighted by atomic mass is 35.5. The van der Waals surface area contributed by atoms with Gasteiger partial charge in [0.1, 0.15) is 6.33 Å². The number of hydrogen-bond donors (Lipinski definition) is 1. The maximum absolute atomic E-state index is 5.72. The summed E-state index contributed by atoms with van der Waals surface area (Å²) in [4.78, 5) is 0. The second-order valence-electron chi connectivity index (χ2n) is 2.18. The van der Waals surface area contributed by atoms with Gasteiger partial charge in [-0.3, -0.25) is 4.40 Å². The fraction of sp³-hybridized carbons (Fsp3) is 0. The standard InChI is InChI=1S/C6H5ClN4/c7-4-1-5(8)6-10-9-3-11(6)2-4/h1-3H,8H2. The second-order valence-corrected chi connectivity index (χ2v) is 2.61. The van der Waals surface area contributed by atoms with E-state index in [4.69, 9.17) is 17.3 Å². The largest absolute Gasteiger partial charge is 0.396 e. The molecule has 0 aliphatic rings. The summed E-state index contributed by atoms with van der Waals surface area (Å²) in [6.07, 6.45) is 3.25.